The summed E-state index contributed by atoms with van der Waals surface area (Å²) in [5.41, 5.74) is 1.87. The Morgan fingerprint density at radius 2 is 2.11 bits per heavy atom. The molecule has 1 saturated carbocycles. The summed E-state index contributed by atoms with van der Waals surface area (Å²) in [5, 5.41) is 0. The van der Waals surface area contributed by atoms with Crippen LogP contribution < -0.4 is 4.74 Å². The van der Waals surface area contributed by atoms with E-state index in [2.05, 4.69) is 11.9 Å². The summed E-state index contributed by atoms with van der Waals surface area (Å²) in [4.78, 5) is 4.45. The zero-order valence-corrected chi connectivity index (χ0v) is 12.0. The smallest absolute Gasteiger partial charge is 0.142 e. The second kappa shape index (κ2) is 6.42. The first-order valence-corrected chi connectivity index (χ1v) is 7.47. The standard InChI is InChI=1S/C15H22ClNO/c1-3-12-6-4-5-7-14(12)18-15-9-8-11(2)17-13(15)10-16/h8-9,12,14H,3-7,10H2,1-2H3. The van der Waals surface area contributed by atoms with Crippen LogP contribution in [0.15, 0.2) is 12.1 Å². The van der Waals surface area contributed by atoms with Crippen molar-refractivity contribution in [2.24, 2.45) is 5.92 Å². The third-order valence-electron chi connectivity index (χ3n) is 3.84. The van der Waals surface area contributed by atoms with Crippen LogP contribution in [0.25, 0.3) is 0 Å². The lowest BCUT2D eigenvalue weighted by Gasteiger charge is -2.31. The lowest BCUT2D eigenvalue weighted by atomic mass is 9.85. The molecule has 1 aromatic rings. The van der Waals surface area contributed by atoms with E-state index in [9.17, 15) is 0 Å². The Balaban J connectivity index is 2.12. The van der Waals surface area contributed by atoms with Gasteiger partial charge in [0.05, 0.1) is 11.6 Å². The molecule has 2 atom stereocenters. The van der Waals surface area contributed by atoms with E-state index in [1.807, 2.05) is 19.1 Å². The summed E-state index contributed by atoms with van der Waals surface area (Å²) in [6.07, 6.45) is 6.60. The number of hydrogen-bond acceptors (Lipinski definition) is 2. The number of nitrogens with zero attached hydrogens (tertiary/aromatic N) is 1. The van der Waals surface area contributed by atoms with Crippen molar-refractivity contribution in [3.63, 3.8) is 0 Å². The van der Waals surface area contributed by atoms with Crippen molar-refractivity contribution in [2.45, 2.75) is 57.9 Å². The van der Waals surface area contributed by atoms with Gasteiger partial charge < -0.3 is 4.74 Å². The summed E-state index contributed by atoms with van der Waals surface area (Å²) in [6.45, 7) is 4.23. The quantitative estimate of drug-likeness (QED) is 0.751. The first-order chi connectivity index (χ1) is 8.74. The van der Waals surface area contributed by atoms with Gasteiger partial charge in [-0.15, -0.1) is 11.6 Å². The summed E-state index contributed by atoms with van der Waals surface area (Å²) < 4.78 is 6.19. The molecule has 0 spiro atoms. The van der Waals surface area contributed by atoms with Gasteiger partial charge in [-0.1, -0.05) is 13.3 Å². The van der Waals surface area contributed by atoms with Crippen molar-refractivity contribution < 1.29 is 4.74 Å². The van der Waals surface area contributed by atoms with Gasteiger partial charge in [-0.2, -0.15) is 0 Å². The molecular weight excluding hydrogens is 246 g/mol. The lowest BCUT2D eigenvalue weighted by molar-refractivity contribution is 0.0891. The largest absolute Gasteiger partial charge is 0.488 e. The molecule has 3 heteroatoms. The molecule has 2 unspecified atom stereocenters. The average molecular weight is 268 g/mol. The minimum absolute atomic E-state index is 0.343. The molecule has 0 aliphatic heterocycles. The predicted molar refractivity (Wildman–Crippen MR) is 75.2 cm³/mol. The van der Waals surface area contributed by atoms with Crippen molar-refractivity contribution in [3.8, 4) is 5.75 Å². The molecule has 1 aliphatic rings. The van der Waals surface area contributed by atoms with Gasteiger partial charge in [-0.25, -0.2) is 0 Å². The monoisotopic (exact) mass is 267 g/mol. The number of aromatic nitrogens is 1. The summed E-state index contributed by atoms with van der Waals surface area (Å²) in [6, 6.07) is 4.01. The number of aryl methyl sites for hydroxylation is 1. The molecule has 1 aliphatic carbocycles. The van der Waals surface area contributed by atoms with E-state index in [-0.39, 0.29) is 0 Å². The third-order valence-corrected chi connectivity index (χ3v) is 4.09. The Morgan fingerprint density at radius 3 is 2.83 bits per heavy atom. The molecule has 1 fully saturated rings. The SMILES string of the molecule is CCC1CCCCC1Oc1ccc(C)nc1CCl. The van der Waals surface area contributed by atoms with Gasteiger partial charge in [-0.3, -0.25) is 4.98 Å². The highest BCUT2D eigenvalue weighted by Gasteiger charge is 2.26. The third kappa shape index (κ3) is 3.17. The Bertz CT molecular complexity index is 394. The van der Waals surface area contributed by atoms with Gasteiger partial charge in [0.1, 0.15) is 11.9 Å². The molecule has 0 aromatic carbocycles. The van der Waals surface area contributed by atoms with Gasteiger partial charge in [0.25, 0.3) is 0 Å². The normalized spacial score (nSPS) is 23.9. The van der Waals surface area contributed by atoms with Gasteiger partial charge in [-0.05, 0) is 50.7 Å². The van der Waals surface area contributed by atoms with Crippen molar-refractivity contribution in [1.29, 1.82) is 0 Å². The second-order valence-electron chi connectivity index (χ2n) is 5.14. The molecule has 100 valence electrons. The average Bonchev–Trinajstić information content (AvgIpc) is 2.41. The highest BCUT2D eigenvalue weighted by Crippen LogP contribution is 2.31. The number of ether oxygens (including phenoxy) is 1. The highest BCUT2D eigenvalue weighted by atomic mass is 35.5. The zero-order valence-electron chi connectivity index (χ0n) is 11.3. The highest BCUT2D eigenvalue weighted by molar-refractivity contribution is 6.17. The van der Waals surface area contributed by atoms with Crippen LogP contribution in [0.1, 0.15) is 50.4 Å². The molecule has 2 nitrogen and oxygen atoms in total. The van der Waals surface area contributed by atoms with Crippen molar-refractivity contribution in [3.05, 3.63) is 23.5 Å². The number of halogens is 1. The molecule has 1 heterocycles. The topological polar surface area (TPSA) is 22.1 Å². The number of alkyl halides is 1. The fourth-order valence-electron chi connectivity index (χ4n) is 2.76. The Morgan fingerprint density at radius 1 is 1.33 bits per heavy atom. The molecule has 0 N–H and O–H groups in total. The number of hydrogen-bond donors (Lipinski definition) is 0. The lowest BCUT2D eigenvalue weighted by Crippen LogP contribution is -2.30. The summed E-state index contributed by atoms with van der Waals surface area (Å²) in [5.74, 6) is 1.98. The van der Waals surface area contributed by atoms with E-state index in [4.69, 9.17) is 16.3 Å². The number of pyridine rings is 1. The van der Waals surface area contributed by atoms with Gasteiger partial charge in [0.2, 0.25) is 0 Å². The molecule has 0 bridgehead atoms. The van der Waals surface area contributed by atoms with E-state index in [1.165, 1.54) is 25.7 Å². The van der Waals surface area contributed by atoms with Crippen LogP contribution in [-0.4, -0.2) is 11.1 Å². The minimum Gasteiger partial charge on any atom is -0.488 e. The van der Waals surface area contributed by atoms with Crippen LogP contribution in [0.5, 0.6) is 5.75 Å². The van der Waals surface area contributed by atoms with Crippen LogP contribution in [0.2, 0.25) is 0 Å². The molecule has 18 heavy (non-hydrogen) atoms. The Labute approximate surface area is 115 Å². The van der Waals surface area contributed by atoms with E-state index in [0.29, 0.717) is 17.9 Å². The van der Waals surface area contributed by atoms with Gasteiger partial charge in [0.15, 0.2) is 0 Å². The van der Waals surface area contributed by atoms with E-state index in [0.717, 1.165) is 23.6 Å². The van der Waals surface area contributed by atoms with Crippen LogP contribution >= 0.6 is 11.6 Å². The van der Waals surface area contributed by atoms with E-state index >= 15 is 0 Å². The zero-order chi connectivity index (χ0) is 13.0. The van der Waals surface area contributed by atoms with E-state index in [1.54, 1.807) is 0 Å². The van der Waals surface area contributed by atoms with Crippen molar-refractivity contribution in [2.75, 3.05) is 0 Å². The summed E-state index contributed by atoms with van der Waals surface area (Å²) >= 11 is 5.95. The maximum absolute atomic E-state index is 6.19. The number of rotatable bonds is 4. The van der Waals surface area contributed by atoms with Gasteiger partial charge in [0, 0.05) is 5.69 Å². The van der Waals surface area contributed by atoms with Crippen LogP contribution in [-0.2, 0) is 5.88 Å². The van der Waals surface area contributed by atoms with Crippen molar-refractivity contribution >= 4 is 11.6 Å². The predicted octanol–water partition coefficient (Wildman–Crippen LogP) is 4.48. The van der Waals surface area contributed by atoms with Crippen molar-refractivity contribution in [1.82, 2.24) is 4.98 Å². The van der Waals surface area contributed by atoms with Gasteiger partial charge >= 0.3 is 0 Å². The van der Waals surface area contributed by atoms with Crippen LogP contribution in [0.4, 0.5) is 0 Å². The molecule has 0 amide bonds. The minimum atomic E-state index is 0.343. The summed E-state index contributed by atoms with van der Waals surface area (Å²) in [7, 11) is 0. The molecule has 1 aromatic heterocycles. The maximum Gasteiger partial charge on any atom is 0.142 e. The van der Waals surface area contributed by atoms with Crippen LogP contribution in [0, 0.1) is 12.8 Å². The van der Waals surface area contributed by atoms with Crippen LogP contribution in [0.3, 0.4) is 0 Å². The molecular formula is C15H22ClNO. The maximum atomic E-state index is 6.19. The van der Waals surface area contributed by atoms with E-state index < -0.39 is 0 Å². The molecule has 2 rings (SSSR count). The molecule has 0 saturated heterocycles. The Hall–Kier alpha value is -0.760. The fraction of sp³-hybridized carbons (Fsp3) is 0.667. The fourth-order valence-corrected chi connectivity index (χ4v) is 2.95. The Kier molecular flexibility index (Phi) is 4.87. The second-order valence-corrected chi connectivity index (χ2v) is 5.41. The molecule has 0 radical (unpaired) electrons. The first kappa shape index (κ1) is 13.7. The first-order valence-electron chi connectivity index (χ1n) is 6.93.